The van der Waals surface area contributed by atoms with Crippen LogP contribution in [0.2, 0.25) is 0 Å². The molecule has 0 atom stereocenters. The van der Waals surface area contributed by atoms with Gasteiger partial charge < -0.3 is 19.0 Å². The normalized spacial score (nSPS) is 11.1. The van der Waals surface area contributed by atoms with E-state index in [-0.39, 0.29) is 16.4 Å². The van der Waals surface area contributed by atoms with Crippen molar-refractivity contribution in [3.05, 3.63) is 46.1 Å². The first-order chi connectivity index (χ1) is 14.5. The van der Waals surface area contributed by atoms with Crippen LogP contribution in [0.15, 0.2) is 39.5 Å². The fourth-order valence-corrected chi connectivity index (χ4v) is 3.30. The molecule has 0 radical (unpaired) electrons. The summed E-state index contributed by atoms with van der Waals surface area (Å²) in [5.41, 5.74) is 0.421. The molecule has 2 aromatic carbocycles. The first-order valence-electron chi connectivity index (χ1n) is 10.6. The van der Waals surface area contributed by atoms with Crippen LogP contribution in [0, 0.1) is 0 Å². The Hall–Kier alpha value is -3.02. The largest absolute Gasteiger partial charge is 0.493 e. The average molecular weight is 412 g/mol. The number of aromatic carboxylic acids is 1. The minimum Gasteiger partial charge on any atom is -0.493 e. The summed E-state index contributed by atoms with van der Waals surface area (Å²) in [6.45, 7) is 5.31. The van der Waals surface area contributed by atoms with Gasteiger partial charge in [-0.3, -0.25) is 4.79 Å². The molecular weight excluding hydrogens is 384 g/mol. The summed E-state index contributed by atoms with van der Waals surface area (Å²) in [6.07, 6.45) is 6.12. The lowest BCUT2D eigenvalue weighted by atomic mass is 10.1. The second-order valence-corrected chi connectivity index (χ2v) is 7.36. The van der Waals surface area contributed by atoms with Crippen LogP contribution in [0.4, 0.5) is 0 Å². The Balaban J connectivity index is 2.07. The van der Waals surface area contributed by atoms with Gasteiger partial charge in [0.25, 0.3) is 0 Å². The molecule has 3 rings (SSSR count). The third kappa shape index (κ3) is 4.93. The summed E-state index contributed by atoms with van der Waals surface area (Å²) in [7, 11) is 0. The lowest BCUT2D eigenvalue weighted by Gasteiger charge is -2.13. The SMILES string of the molecule is CCCCCOc1cc(OCCCCC)c2oc3ccc(C(=O)O)cc3c(=O)c2c1. The first kappa shape index (κ1) is 21.7. The third-order valence-electron chi connectivity index (χ3n) is 4.98. The maximum atomic E-state index is 13.2. The van der Waals surface area contributed by atoms with Gasteiger partial charge >= 0.3 is 5.97 Å². The number of ether oxygens (including phenoxy) is 2. The van der Waals surface area contributed by atoms with Crippen molar-refractivity contribution >= 4 is 27.9 Å². The summed E-state index contributed by atoms with van der Waals surface area (Å²) in [6, 6.07) is 7.70. The lowest BCUT2D eigenvalue weighted by molar-refractivity contribution is 0.0697. The Morgan fingerprint density at radius 1 is 0.933 bits per heavy atom. The minimum atomic E-state index is -1.09. The van der Waals surface area contributed by atoms with Crippen molar-refractivity contribution in [3.63, 3.8) is 0 Å². The van der Waals surface area contributed by atoms with E-state index in [0.29, 0.717) is 41.3 Å². The number of rotatable bonds is 11. The summed E-state index contributed by atoms with van der Waals surface area (Å²) >= 11 is 0. The highest BCUT2D eigenvalue weighted by Crippen LogP contribution is 2.32. The number of hydrogen-bond acceptors (Lipinski definition) is 5. The number of unbranched alkanes of at least 4 members (excludes halogenated alkanes) is 4. The molecule has 0 aliphatic heterocycles. The quantitative estimate of drug-likeness (QED) is 0.317. The van der Waals surface area contributed by atoms with Gasteiger partial charge in [-0.15, -0.1) is 0 Å². The summed E-state index contributed by atoms with van der Waals surface area (Å²) in [5, 5.41) is 9.79. The topological polar surface area (TPSA) is 86.0 Å². The Bertz CT molecular complexity index is 1080. The highest BCUT2D eigenvalue weighted by molar-refractivity contribution is 5.97. The van der Waals surface area contributed by atoms with Crippen LogP contribution >= 0.6 is 0 Å². The first-order valence-corrected chi connectivity index (χ1v) is 10.6. The monoisotopic (exact) mass is 412 g/mol. The van der Waals surface area contributed by atoms with Crippen LogP contribution < -0.4 is 14.9 Å². The molecule has 1 heterocycles. The van der Waals surface area contributed by atoms with E-state index < -0.39 is 5.97 Å². The summed E-state index contributed by atoms with van der Waals surface area (Å²) < 4.78 is 17.8. The molecule has 0 fully saturated rings. The van der Waals surface area contributed by atoms with Gasteiger partial charge in [0.1, 0.15) is 11.3 Å². The van der Waals surface area contributed by atoms with E-state index in [0.717, 1.165) is 38.5 Å². The molecule has 6 heteroatoms. The molecule has 160 valence electrons. The lowest BCUT2D eigenvalue weighted by Crippen LogP contribution is -2.07. The third-order valence-corrected chi connectivity index (χ3v) is 4.98. The van der Waals surface area contributed by atoms with Crippen LogP contribution in [0.5, 0.6) is 11.5 Å². The molecule has 0 unspecified atom stereocenters. The van der Waals surface area contributed by atoms with Crippen molar-refractivity contribution in [1.29, 1.82) is 0 Å². The molecule has 0 bridgehead atoms. The molecule has 0 saturated carbocycles. The van der Waals surface area contributed by atoms with E-state index >= 15 is 0 Å². The van der Waals surface area contributed by atoms with Crippen LogP contribution in [0.1, 0.15) is 62.7 Å². The average Bonchev–Trinajstić information content (AvgIpc) is 2.74. The van der Waals surface area contributed by atoms with Crippen LogP contribution in [-0.4, -0.2) is 24.3 Å². The van der Waals surface area contributed by atoms with Crippen molar-refractivity contribution < 1.29 is 23.8 Å². The zero-order valence-electron chi connectivity index (χ0n) is 17.5. The molecule has 30 heavy (non-hydrogen) atoms. The van der Waals surface area contributed by atoms with E-state index in [1.54, 1.807) is 12.1 Å². The van der Waals surface area contributed by atoms with E-state index in [2.05, 4.69) is 13.8 Å². The number of fused-ring (bicyclic) bond motifs is 2. The van der Waals surface area contributed by atoms with E-state index in [1.807, 2.05) is 0 Å². The van der Waals surface area contributed by atoms with E-state index in [9.17, 15) is 14.7 Å². The van der Waals surface area contributed by atoms with Crippen molar-refractivity contribution in [2.24, 2.45) is 0 Å². The predicted molar refractivity (Wildman–Crippen MR) is 117 cm³/mol. The highest BCUT2D eigenvalue weighted by Gasteiger charge is 2.16. The second kappa shape index (κ2) is 10.1. The van der Waals surface area contributed by atoms with E-state index in [1.165, 1.54) is 18.2 Å². The van der Waals surface area contributed by atoms with Gasteiger partial charge in [0.2, 0.25) is 5.43 Å². The summed E-state index contributed by atoms with van der Waals surface area (Å²) in [4.78, 5) is 24.5. The van der Waals surface area contributed by atoms with Gasteiger partial charge in [0.05, 0.1) is 29.5 Å². The zero-order valence-corrected chi connectivity index (χ0v) is 17.5. The Labute approximate surface area is 175 Å². The predicted octanol–water partition coefficient (Wildman–Crippen LogP) is 5.78. The van der Waals surface area contributed by atoms with Crippen molar-refractivity contribution in [1.82, 2.24) is 0 Å². The molecule has 1 N–H and O–H groups in total. The molecule has 0 aliphatic carbocycles. The van der Waals surface area contributed by atoms with Crippen LogP contribution in [0.3, 0.4) is 0 Å². The number of carboxylic acids is 1. The molecule has 0 amide bonds. The van der Waals surface area contributed by atoms with Gasteiger partial charge in [-0.1, -0.05) is 39.5 Å². The van der Waals surface area contributed by atoms with Gasteiger partial charge in [0.15, 0.2) is 11.3 Å². The molecule has 1 aromatic heterocycles. The highest BCUT2D eigenvalue weighted by atomic mass is 16.5. The number of hydrogen-bond donors (Lipinski definition) is 1. The van der Waals surface area contributed by atoms with Crippen LogP contribution in [0.25, 0.3) is 21.9 Å². The second-order valence-electron chi connectivity index (χ2n) is 7.36. The zero-order chi connectivity index (χ0) is 21.5. The maximum Gasteiger partial charge on any atom is 0.335 e. The molecule has 0 saturated heterocycles. The molecular formula is C24H28O6. The van der Waals surface area contributed by atoms with Gasteiger partial charge in [0, 0.05) is 6.07 Å². The smallest absolute Gasteiger partial charge is 0.335 e. The molecule has 6 nitrogen and oxygen atoms in total. The Morgan fingerprint density at radius 3 is 2.30 bits per heavy atom. The number of carboxylic acid groups (broad SMARTS) is 1. The van der Waals surface area contributed by atoms with Gasteiger partial charge in [-0.05, 0) is 37.1 Å². The van der Waals surface area contributed by atoms with Crippen molar-refractivity contribution in [3.8, 4) is 11.5 Å². The van der Waals surface area contributed by atoms with E-state index in [4.69, 9.17) is 13.9 Å². The Morgan fingerprint density at radius 2 is 1.63 bits per heavy atom. The van der Waals surface area contributed by atoms with Crippen molar-refractivity contribution in [2.75, 3.05) is 13.2 Å². The van der Waals surface area contributed by atoms with Crippen molar-refractivity contribution in [2.45, 2.75) is 52.4 Å². The number of carbonyl (C=O) groups is 1. The molecule has 0 spiro atoms. The van der Waals surface area contributed by atoms with Crippen LogP contribution in [-0.2, 0) is 0 Å². The standard InChI is InChI=1S/C24H28O6/c1-3-5-7-11-28-17-14-19-22(25)18-13-16(24(26)27)9-10-20(18)30-23(19)21(15-17)29-12-8-6-4-2/h9-10,13-15H,3-8,11-12H2,1-2H3,(H,26,27). The maximum absolute atomic E-state index is 13.2. The van der Waals surface area contributed by atoms with Gasteiger partial charge in [-0.2, -0.15) is 0 Å². The Kier molecular flexibility index (Phi) is 7.33. The molecule has 3 aromatic rings. The fourth-order valence-electron chi connectivity index (χ4n) is 3.30. The molecule has 0 aliphatic rings. The number of benzene rings is 2. The van der Waals surface area contributed by atoms with Gasteiger partial charge in [-0.25, -0.2) is 4.79 Å². The minimum absolute atomic E-state index is 0.0390. The summed E-state index contributed by atoms with van der Waals surface area (Å²) in [5.74, 6) is -0.0788. The fraction of sp³-hybridized carbons (Fsp3) is 0.417.